The van der Waals surface area contributed by atoms with E-state index in [0.29, 0.717) is 0 Å². The summed E-state index contributed by atoms with van der Waals surface area (Å²) in [5.74, 6) is 0. The number of rotatable bonds is 4. The second-order valence-corrected chi connectivity index (χ2v) is 7.60. The van der Waals surface area contributed by atoms with Crippen LogP contribution in [-0.2, 0) is 16.2 Å². The van der Waals surface area contributed by atoms with Crippen LogP contribution in [0.2, 0.25) is 0 Å². The highest BCUT2D eigenvalue weighted by atomic mass is 79.9. The number of hydrogen-bond acceptors (Lipinski definition) is 3. The fourth-order valence-corrected chi connectivity index (χ4v) is 3.11. The summed E-state index contributed by atoms with van der Waals surface area (Å²) in [4.78, 5) is -0.822. The van der Waals surface area contributed by atoms with Gasteiger partial charge in [0, 0.05) is 16.6 Å². The number of nitrogens with two attached hydrogens (primary N) is 1. The van der Waals surface area contributed by atoms with Crippen molar-refractivity contribution in [3.8, 4) is 0 Å². The minimum atomic E-state index is -4.77. The average molecular weight is 412 g/mol. The Kier molecular flexibility index (Phi) is 6.71. The van der Waals surface area contributed by atoms with E-state index in [9.17, 15) is 21.6 Å². The highest BCUT2D eigenvalue weighted by Crippen LogP contribution is 2.35. The van der Waals surface area contributed by atoms with Gasteiger partial charge in [-0.1, -0.05) is 15.9 Å². The zero-order valence-electron chi connectivity index (χ0n) is 11.2. The number of halogens is 5. The maximum atomic E-state index is 12.9. The maximum Gasteiger partial charge on any atom is 0.417 e. The second-order valence-electron chi connectivity index (χ2n) is 4.95. The van der Waals surface area contributed by atoms with E-state index in [1.807, 2.05) is 0 Å². The molecule has 0 bridgehead atoms. The zero-order chi connectivity index (χ0) is 15.8. The van der Waals surface area contributed by atoms with Gasteiger partial charge in [-0.2, -0.15) is 13.2 Å². The number of alkyl halides is 3. The third kappa shape index (κ3) is 6.11. The Hall–Kier alpha value is -0.350. The van der Waals surface area contributed by atoms with Gasteiger partial charge in [0.15, 0.2) is 0 Å². The van der Waals surface area contributed by atoms with Crippen LogP contribution in [-0.4, -0.2) is 20.5 Å². The monoisotopic (exact) mass is 410 g/mol. The lowest BCUT2D eigenvalue weighted by Gasteiger charge is -2.20. The lowest BCUT2D eigenvalue weighted by molar-refractivity contribution is -0.139. The normalized spacial score (nSPS) is 12.9. The minimum Gasteiger partial charge on any atom is -0.324 e. The molecule has 0 atom stereocenters. The summed E-state index contributed by atoms with van der Waals surface area (Å²) < 4.78 is 64.9. The number of sulfonamides is 1. The van der Waals surface area contributed by atoms with Crippen LogP contribution < -0.4 is 10.5 Å². The third-order valence-corrected chi connectivity index (χ3v) is 4.21. The van der Waals surface area contributed by atoms with E-state index in [0.717, 1.165) is 12.1 Å². The van der Waals surface area contributed by atoms with Gasteiger partial charge in [0.1, 0.15) is 0 Å². The first-order valence-electron chi connectivity index (χ1n) is 5.48. The van der Waals surface area contributed by atoms with Crippen LogP contribution in [0, 0.1) is 0 Å². The first-order valence-corrected chi connectivity index (χ1v) is 7.76. The van der Waals surface area contributed by atoms with E-state index >= 15 is 0 Å². The molecule has 0 aliphatic carbocycles. The molecule has 0 spiro atoms. The molecule has 1 rings (SSSR count). The number of nitrogens with one attached hydrogen (secondary N) is 1. The highest BCUT2D eigenvalue weighted by Gasteiger charge is 2.37. The van der Waals surface area contributed by atoms with Gasteiger partial charge in [0.25, 0.3) is 0 Å². The SMILES string of the molecule is CC(C)(N)CNS(=O)(=O)c1ccc(Br)cc1C(F)(F)F.Cl. The van der Waals surface area contributed by atoms with Crippen molar-refractivity contribution in [3.05, 3.63) is 28.2 Å². The fourth-order valence-electron chi connectivity index (χ4n) is 1.32. The van der Waals surface area contributed by atoms with E-state index in [-0.39, 0.29) is 23.4 Å². The molecule has 3 N–H and O–H groups in total. The Balaban J connectivity index is 0.00000400. The predicted octanol–water partition coefficient (Wildman–Crippen LogP) is 2.91. The van der Waals surface area contributed by atoms with Crippen molar-refractivity contribution in [1.82, 2.24) is 4.72 Å². The summed E-state index contributed by atoms with van der Waals surface area (Å²) in [5, 5.41) is 0. The molecular weight excluding hydrogens is 397 g/mol. The second kappa shape index (κ2) is 6.82. The molecule has 0 heterocycles. The molecule has 0 aliphatic heterocycles. The first-order chi connectivity index (χ1) is 8.83. The zero-order valence-corrected chi connectivity index (χ0v) is 14.4. The van der Waals surface area contributed by atoms with Crippen LogP contribution >= 0.6 is 28.3 Å². The van der Waals surface area contributed by atoms with Crippen LogP contribution in [0.3, 0.4) is 0 Å². The van der Waals surface area contributed by atoms with Gasteiger partial charge >= 0.3 is 6.18 Å². The Morgan fingerprint density at radius 3 is 2.24 bits per heavy atom. The Labute approximate surface area is 135 Å². The van der Waals surface area contributed by atoms with Crippen molar-refractivity contribution >= 4 is 38.4 Å². The van der Waals surface area contributed by atoms with Gasteiger partial charge in [0.05, 0.1) is 10.5 Å². The summed E-state index contributed by atoms with van der Waals surface area (Å²) in [7, 11) is -4.29. The first kappa shape index (κ1) is 20.6. The molecule has 122 valence electrons. The number of hydrogen-bond donors (Lipinski definition) is 2. The molecule has 1 aromatic rings. The van der Waals surface area contributed by atoms with Crippen molar-refractivity contribution in [1.29, 1.82) is 0 Å². The third-order valence-electron chi connectivity index (χ3n) is 2.25. The topological polar surface area (TPSA) is 72.2 Å². The van der Waals surface area contributed by atoms with Crippen molar-refractivity contribution in [2.75, 3.05) is 6.54 Å². The molecule has 0 aliphatic rings. The highest BCUT2D eigenvalue weighted by molar-refractivity contribution is 9.10. The average Bonchev–Trinajstić information content (AvgIpc) is 2.24. The summed E-state index contributed by atoms with van der Waals surface area (Å²) in [6, 6.07) is 2.86. The summed E-state index contributed by atoms with van der Waals surface area (Å²) in [6.07, 6.45) is -4.77. The molecule has 0 fully saturated rings. The van der Waals surface area contributed by atoms with Gasteiger partial charge in [0.2, 0.25) is 10.0 Å². The Morgan fingerprint density at radius 1 is 1.29 bits per heavy atom. The van der Waals surface area contributed by atoms with Gasteiger partial charge in [-0.15, -0.1) is 12.4 Å². The minimum absolute atomic E-state index is 0. The summed E-state index contributed by atoms with van der Waals surface area (Å²) in [6.45, 7) is 2.94. The van der Waals surface area contributed by atoms with Crippen LogP contribution in [0.25, 0.3) is 0 Å². The molecule has 4 nitrogen and oxygen atoms in total. The van der Waals surface area contributed by atoms with Crippen molar-refractivity contribution in [2.45, 2.75) is 30.5 Å². The molecule has 0 unspecified atom stereocenters. The van der Waals surface area contributed by atoms with Gasteiger partial charge in [-0.05, 0) is 32.0 Å². The molecular formula is C11H15BrClF3N2O2S. The van der Waals surface area contributed by atoms with Gasteiger partial charge in [-0.3, -0.25) is 0 Å². The molecule has 21 heavy (non-hydrogen) atoms. The van der Waals surface area contributed by atoms with E-state index in [1.54, 1.807) is 13.8 Å². The van der Waals surface area contributed by atoms with Gasteiger partial charge in [-0.25, -0.2) is 13.1 Å². The smallest absolute Gasteiger partial charge is 0.324 e. The van der Waals surface area contributed by atoms with Crippen molar-refractivity contribution in [3.63, 3.8) is 0 Å². The molecule has 0 aromatic heterocycles. The molecule has 0 amide bonds. The quantitative estimate of drug-likeness (QED) is 0.800. The lowest BCUT2D eigenvalue weighted by Crippen LogP contribution is -2.45. The predicted molar refractivity (Wildman–Crippen MR) is 79.8 cm³/mol. The Bertz CT molecular complexity index is 600. The van der Waals surface area contributed by atoms with Crippen LogP contribution in [0.1, 0.15) is 19.4 Å². The van der Waals surface area contributed by atoms with E-state index in [4.69, 9.17) is 5.73 Å². The van der Waals surface area contributed by atoms with Crippen LogP contribution in [0.4, 0.5) is 13.2 Å². The summed E-state index contributed by atoms with van der Waals surface area (Å²) >= 11 is 2.89. The molecule has 0 saturated heterocycles. The van der Waals surface area contributed by atoms with Crippen LogP contribution in [0.5, 0.6) is 0 Å². The van der Waals surface area contributed by atoms with Crippen LogP contribution in [0.15, 0.2) is 27.6 Å². The Morgan fingerprint density at radius 2 is 1.81 bits per heavy atom. The van der Waals surface area contributed by atoms with Crippen molar-refractivity contribution in [2.24, 2.45) is 5.73 Å². The summed E-state index contributed by atoms with van der Waals surface area (Å²) in [5.41, 5.74) is 3.51. The molecule has 1 aromatic carbocycles. The van der Waals surface area contributed by atoms with Crippen molar-refractivity contribution < 1.29 is 21.6 Å². The molecule has 0 saturated carbocycles. The lowest BCUT2D eigenvalue weighted by atomic mass is 10.1. The van der Waals surface area contributed by atoms with E-state index in [1.165, 1.54) is 6.07 Å². The maximum absolute atomic E-state index is 12.9. The fraction of sp³-hybridized carbons (Fsp3) is 0.455. The van der Waals surface area contributed by atoms with Gasteiger partial charge < -0.3 is 5.73 Å². The standard InChI is InChI=1S/C11H14BrF3N2O2S.ClH/c1-10(2,16)6-17-20(18,19)9-4-3-7(12)5-8(9)11(13,14)15;/h3-5,17H,6,16H2,1-2H3;1H. The largest absolute Gasteiger partial charge is 0.417 e. The van der Waals surface area contributed by atoms with E-state index < -0.39 is 32.2 Å². The number of benzene rings is 1. The molecule has 0 radical (unpaired) electrons. The van der Waals surface area contributed by atoms with E-state index in [2.05, 4.69) is 20.7 Å². The molecule has 10 heteroatoms.